The van der Waals surface area contributed by atoms with Crippen molar-refractivity contribution in [3.8, 4) is 0 Å². The first-order valence-electron chi connectivity index (χ1n) is 12.2. The lowest BCUT2D eigenvalue weighted by atomic mass is 10.00. The van der Waals surface area contributed by atoms with E-state index in [0.717, 1.165) is 47.5 Å². The highest BCUT2D eigenvalue weighted by molar-refractivity contribution is 5.79. The van der Waals surface area contributed by atoms with E-state index in [2.05, 4.69) is 52.2 Å². The molecule has 9 nitrogen and oxygen atoms in total. The zero-order chi connectivity index (χ0) is 24.4. The van der Waals surface area contributed by atoms with Crippen LogP contribution in [0.3, 0.4) is 0 Å². The number of pyridine rings is 1. The molecule has 3 aromatic heterocycles. The summed E-state index contributed by atoms with van der Waals surface area (Å²) in [6, 6.07) is 11.7. The summed E-state index contributed by atoms with van der Waals surface area (Å²) in [5, 5.41) is 13.8. The number of nitrogens with zero attached hydrogens (tertiary/aromatic N) is 5. The Labute approximate surface area is 204 Å². The summed E-state index contributed by atoms with van der Waals surface area (Å²) < 4.78 is 13.4. The van der Waals surface area contributed by atoms with Crippen LogP contribution in [0.25, 0.3) is 10.9 Å². The molecule has 184 valence electrons. The van der Waals surface area contributed by atoms with Gasteiger partial charge in [-0.15, -0.1) is 5.10 Å². The number of tetrazole rings is 1. The molecule has 4 heterocycles. The fourth-order valence-electron chi connectivity index (χ4n) is 4.98. The van der Waals surface area contributed by atoms with Gasteiger partial charge in [-0.2, -0.15) is 0 Å². The van der Waals surface area contributed by atoms with Crippen molar-refractivity contribution >= 4 is 10.9 Å². The van der Waals surface area contributed by atoms with Gasteiger partial charge < -0.3 is 14.1 Å². The summed E-state index contributed by atoms with van der Waals surface area (Å²) >= 11 is 0. The normalized spacial score (nSPS) is 17.1. The van der Waals surface area contributed by atoms with Crippen LogP contribution in [0, 0.1) is 12.8 Å². The lowest BCUT2D eigenvalue weighted by Gasteiger charge is -2.33. The van der Waals surface area contributed by atoms with Crippen LogP contribution in [0.1, 0.15) is 55.4 Å². The molecule has 0 bridgehead atoms. The average Bonchev–Trinajstić information content (AvgIpc) is 3.59. The maximum absolute atomic E-state index is 13.1. The fourth-order valence-corrected chi connectivity index (χ4v) is 4.98. The van der Waals surface area contributed by atoms with Crippen LogP contribution in [0.4, 0.5) is 0 Å². The monoisotopic (exact) mass is 476 g/mol. The van der Waals surface area contributed by atoms with E-state index in [9.17, 15) is 4.79 Å². The SMILES string of the molecule is Cc1ccc2[nH]c(=O)c(CN(Cc3ccco3)[C@@H](c3nnnn3C[C@H]3CCCO3)C(C)C)cc2c1. The standard InChI is InChI=1S/C26H32N6O3/c1-17(2)24(25-28-29-30-32(25)16-22-7-5-11-35-22)31(15-21-6-4-10-34-21)14-20-13-19-12-18(3)8-9-23(19)27-26(20)33/h4,6,8-10,12-13,17,22,24H,5,7,11,14-16H2,1-3H3,(H,27,33)/t22-,24-/m1/s1. The molecule has 1 aliphatic heterocycles. The van der Waals surface area contributed by atoms with Crippen molar-refractivity contribution in [3.63, 3.8) is 0 Å². The number of aromatic amines is 1. The highest BCUT2D eigenvalue weighted by atomic mass is 16.5. The quantitative estimate of drug-likeness (QED) is 0.390. The predicted octanol–water partition coefficient (Wildman–Crippen LogP) is 3.99. The van der Waals surface area contributed by atoms with Gasteiger partial charge in [0, 0.05) is 24.2 Å². The van der Waals surface area contributed by atoms with E-state index in [1.54, 1.807) is 6.26 Å². The largest absolute Gasteiger partial charge is 0.468 e. The first-order chi connectivity index (χ1) is 17.0. The van der Waals surface area contributed by atoms with Crippen LogP contribution in [0.2, 0.25) is 0 Å². The predicted molar refractivity (Wildman–Crippen MR) is 132 cm³/mol. The van der Waals surface area contributed by atoms with Gasteiger partial charge in [0.05, 0.1) is 31.5 Å². The van der Waals surface area contributed by atoms with Crippen molar-refractivity contribution < 1.29 is 9.15 Å². The minimum atomic E-state index is -0.135. The molecule has 0 aliphatic carbocycles. The second kappa shape index (κ2) is 10.1. The number of ether oxygens (including phenoxy) is 1. The van der Waals surface area contributed by atoms with Crippen molar-refractivity contribution in [3.05, 3.63) is 75.7 Å². The Kier molecular flexibility index (Phi) is 6.79. The van der Waals surface area contributed by atoms with Crippen LogP contribution in [0.15, 0.2) is 51.9 Å². The second-order valence-corrected chi connectivity index (χ2v) is 9.74. The molecule has 1 aliphatic rings. The molecule has 5 rings (SSSR count). The molecule has 1 N–H and O–H groups in total. The van der Waals surface area contributed by atoms with Crippen LogP contribution in [-0.4, -0.2) is 42.8 Å². The van der Waals surface area contributed by atoms with Crippen molar-refractivity contribution in [1.29, 1.82) is 0 Å². The average molecular weight is 477 g/mol. The summed E-state index contributed by atoms with van der Waals surface area (Å²) in [4.78, 5) is 18.3. The van der Waals surface area contributed by atoms with Crippen molar-refractivity contribution in [1.82, 2.24) is 30.1 Å². The first-order valence-corrected chi connectivity index (χ1v) is 12.2. The Hall–Kier alpha value is -3.30. The molecule has 0 saturated carbocycles. The molecule has 1 saturated heterocycles. The Morgan fingerprint density at radius 2 is 2.11 bits per heavy atom. The number of benzene rings is 1. The number of H-pyrrole nitrogens is 1. The summed E-state index contributed by atoms with van der Waals surface area (Å²) in [5.74, 6) is 1.78. The molecular weight excluding hydrogens is 444 g/mol. The summed E-state index contributed by atoms with van der Waals surface area (Å²) in [6.45, 7) is 8.71. The number of hydrogen-bond acceptors (Lipinski definition) is 7. The van der Waals surface area contributed by atoms with E-state index < -0.39 is 0 Å². The third-order valence-corrected chi connectivity index (χ3v) is 6.64. The van der Waals surface area contributed by atoms with Gasteiger partial charge in [-0.1, -0.05) is 25.5 Å². The second-order valence-electron chi connectivity index (χ2n) is 9.74. The van der Waals surface area contributed by atoms with Gasteiger partial charge in [-0.25, -0.2) is 4.68 Å². The smallest absolute Gasteiger partial charge is 0.252 e. The minimum Gasteiger partial charge on any atom is -0.468 e. The third kappa shape index (κ3) is 5.21. The molecule has 4 aromatic rings. The molecule has 35 heavy (non-hydrogen) atoms. The molecule has 9 heteroatoms. The van der Waals surface area contributed by atoms with E-state index in [4.69, 9.17) is 9.15 Å². The van der Waals surface area contributed by atoms with E-state index >= 15 is 0 Å². The van der Waals surface area contributed by atoms with Gasteiger partial charge in [0.2, 0.25) is 0 Å². The third-order valence-electron chi connectivity index (χ3n) is 6.64. The van der Waals surface area contributed by atoms with E-state index in [0.29, 0.717) is 25.2 Å². The van der Waals surface area contributed by atoms with Crippen LogP contribution in [0.5, 0.6) is 0 Å². The lowest BCUT2D eigenvalue weighted by molar-refractivity contribution is 0.0836. The number of nitrogens with one attached hydrogen (secondary N) is 1. The van der Waals surface area contributed by atoms with Gasteiger partial charge in [-0.3, -0.25) is 9.69 Å². The maximum Gasteiger partial charge on any atom is 0.252 e. The summed E-state index contributed by atoms with van der Waals surface area (Å²) in [6.07, 6.45) is 3.86. The number of aryl methyl sites for hydroxylation is 1. The number of rotatable bonds is 9. The van der Waals surface area contributed by atoms with Gasteiger partial charge in [0.25, 0.3) is 5.56 Å². The van der Waals surface area contributed by atoms with E-state index in [1.165, 1.54) is 0 Å². The Balaban J connectivity index is 1.52. The van der Waals surface area contributed by atoms with Gasteiger partial charge in [0.15, 0.2) is 5.82 Å². The van der Waals surface area contributed by atoms with Crippen LogP contribution < -0.4 is 5.56 Å². The highest BCUT2D eigenvalue weighted by Gasteiger charge is 2.31. The van der Waals surface area contributed by atoms with Crippen molar-refractivity contribution in [2.45, 2.75) is 65.4 Å². The highest BCUT2D eigenvalue weighted by Crippen LogP contribution is 2.31. The van der Waals surface area contributed by atoms with Crippen LogP contribution >= 0.6 is 0 Å². The summed E-state index contributed by atoms with van der Waals surface area (Å²) in [5.41, 5.74) is 2.59. The van der Waals surface area contributed by atoms with E-state index in [-0.39, 0.29) is 23.6 Å². The van der Waals surface area contributed by atoms with Crippen molar-refractivity contribution in [2.75, 3.05) is 6.61 Å². The number of fused-ring (bicyclic) bond motifs is 1. The molecule has 0 spiro atoms. The number of furan rings is 1. The van der Waals surface area contributed by atoms with Gasteiger partial charge >= 0.3 is 0 Å². The zero-order valence-corrected chi connectivity index (χ0v) is 20.5. The minimum absolute atomic E-state index is 0.0905. The Bertz CT molecular complexity index is 1320. The molecule has 1 aromatic carbocycles. The molecule has 0 radical (unpaired) electrons. The molecule has 2 atom stereocenters. The molecular formula is C26H32N6O3. The molecule has 0 amide bonds. The fraction of sp³-hybridized carbons (Fsp3) is 0.462. The van der Waals surface area contributed by atoms with E-state index in [1.807, 2.05) is 35.0 Å². The van der Waals surface area contributed by atoms with Gasteiger partial charge in [-0.05, 0) is 71.8 Å². The summed E-state index contributed by atoms with van der Waals surface area (Å²) in [7, 11) is 0. The number of hydrogen-bond donors (Lipinski definition) is 1. The lowest BCUT2D eigenvalue weighted by Crippen LogP contribution is -2.35. The number of aromatic nitrogens is 5. The van der Waals surface area contributed by atoms with Gasteiger partial charge in [0.1, 0.15) is 5.76 Å². The van der Waals surface area contributed by atoms with Crippen LogP contribution in [-0.2, 0) is 24.4 Å². The Morgan fingerprint density at radius 1 is 1.23 bits per heavy atom. The zero-order valence-electron chi connectivity index (χ0n) is 20.5. The maximum atomic E-state index is 13.1. The molecule has 1 fully saturated rings. The topological polar surface area (TPSA) is 102 Å². The molecule has 0 unspecified atom stereocenters. The first kappa shape index (κ1) is 23.4. The Morgan fingerprint density at radius 3 is 2.86 bits per heavy atom. The van der Waals surface area contributed by atoms with Crippen molar-refractivity contribution in [2.24, 2.45) is 5.92 Å².